The first-order valence-corrected chi connectivity index (χ1v) is 9.52. The van der Waals surface area contributed by atoms with Crippen molar-refractivity contribution in [2.24, 2.45) is 0 Å². The molecular weight excluding hydrogens is 352 g/mol. The van der Waals surface area contributed by atoms with Crippen LogP contribution in [0, 0.1) is 0 Å². The molecule has 0 saturated carbocycles. The second-order valence-electron chi connectivity index (χ2n) is 7.41. The molecule has 1 aromatic carbocycles. The molecule has 7 heteroatoms. The number of piperidine rings is 1. The van der Waals surface area contributed by atoms with Gasteiger partial charge in [-0.25, -0.2) is 9.97 Å². The molecule has 0 amide bonds. The Balaban J connectivity index is 1.49. The van der Waals surface area contributed by atoms with Gasteiger partial charge in [-0.15, -0.1) is 0 Å². The van der Waals surface area contributed by atoms with Crippen molar-refractivity contribution in [1.29, 1.82) is 0 Å². The van der Waals surface area contributed by atoms with Crippen LogP contribution in [-0.4, -0.2) is 44.8 Å². The lowest BCUT2D eigenvalue weighted by atomic mass is 10.1. The topological polar surface area (TPSA) is 86.0 Å². The zero-order valence-electron chi connectivity index (χ0n) is 15.7. The van der Waals surface area contributed by atoms with Crippen LogP contribution in [0.1, 0.15) is 18.9 Å². The Hall–Kier alpha value is -3.19. The Bertz CT molecular complexity index is 1100. The van der Waals surface area contributed by atoms with Gasteiger partial charge in [-0.05, 0) is 44.6 Å². The van der Waals surface area contributed by atoms with E-state index in [9.17, 15) is 0 Å². The minimum absolute atomic E-state index is 0.400. The maximum atomic E-state index is 6.12. The summed E-state index contributed by atoms with van der Waals surface area (Å²) in [4.78, 5) is 11.3. The van der Waals surface area contributed by atoms with Gasteiger partial charge in [0, 0.05) is 30.1 Å². The number of likely N-dealkylation sites (N-methyl/N-ethyl adjacent to an activating group) is 1. The molecule has 1 aliphatic heterocycles. The third kappa shape index (κ3) is 3.03. The summed E-state index contributed by atoms with van der Waals surface area (Å²) in [5, 5.41) is 4.60. The van der Waals surface area contributed by atoms with Crippen molar-refractivity contribution >= 4 is 16.9 Å². The first kappa shape index (κ1) is 16.9. The van der Waals surface area contributed by atoms with Crippen LogP contribution in [0.2, 0.25) is 0 Å². The summed E-state index contributed by atoms with van der Waals surface area (Å²) >= 11 is 0. The smallest absolute Gasteiger partial charge is 0.231 e. The summed E-state index contributed by atoms with van der Waals surface area (Å²) in [6, 6.07) is 10.1. The number of anilines is 1. The zero-order chi connectivity index (χ0) is 19.1. The molecule has 5 rings (SSSR count). The maximum Gasteiger partial charge on any atom is 0.231 e. The van der Waals surface area contributed by atoms with Crippen LogP contribution in [-0.2, 0) is 0 Å². The molecule has 2 N–H and O–H groups in total. The van der Waals surface area contributed by atoms with Gasteiger partial charge in [-0.3, -0.25) is 4.68 Å². The average molecular weight is 374 g/mol. The SMILES string of the molecule is CN1CCCC(n2cc(-c3cnc(N)c(-c4nc5ccccc5o4)c3)cn2)C1. The fraction of sp³-hybridized carbons (Fsp3) is 0.286. The van der Waals surface area contributed by atoms with E-state index in [-0.39, 0.29) is 0 Å². The second-order valence-corrected chi connectivity index (χ2v) is 7.41. The predicted octanol–water partition coefficient (Wildman–Crippen LogP) is 3.60. The van der Waals surface area contributed by atoms with Crippen molar-refractivity contribution < 1.29 is 4.42 Å². The number of hydrogen-bond acceptors (Lipinski definition) is 6. The first-order valence-electron chi connectivity index (χ1n) is 9.52. The molecule has 28 heavy (non-hydrogen) atoms. The van der Waals surface area contributed by atoms with Gasteiger partial charge in [0.05, 0.1) is 17.8 Å². The van der Waals surface area contributed by atoms with E-state index in [0.717, 1.165) is 41.7 Å². The van der Waals surface area contributed by atoms with Crippen LogP contribution in [0.25, 0.3) is 33.7 Å². The lowest BCUT2D eigenvalue weighted by Gasteiger charge is -2.29. The van der Waals surface area contributed by atoms with Crippen LogP contribution in [0.3, 0.4) is 0 Å². The first-order chi connectivity index (χ1) is 13.7. The molecule has 0 aliphatic carbocycles. The van der Waals surface area contributed by atoms with E-state index < -0.39 is 0 Å². The largest absolute Gasteiger partial charge is 0.436 e. The number of benzene rings is 1. The summed E-state index contributed by atoms with van der Waals surface area (Å²) in [6.45, 7) is 2.18. The number of nitrogen functional groups attached to an aromatic ring is 1. The highest BCUT2D eigenvalue weighted by atomic mass is 16.3. The van der Waals surface area contributed by atoms with E-state index in [0.29, 0.717) is 23.3 Å². The highest BCUT2D eigenvalue weighted by Crippen LogP contribution is 2.31. The third-order valence-corrected chi connectivity index (χ3v) is 5.35. The molecule has 1 aliphatic rings. The number of nitrogens with zero attached hydrogens (tertiary/aromatic N) is 5. The van der Waals surface area contributed by atoms with Gasteiger partial charge in [-0.2, -0.15) is 5.10 Å². The van der Waals surface area contributed by atoms with Crippen molar-refractivity contribution in [1.82, 2.24) is 24.6 Å². The third-order valence-electron chi connectivity index (χ3n) is 5.35. The number of likely N-dealkylation sites (tertiary alicyclic amines) is 1. The quantitative estimate of drug-likeness (QED) is 0.590. The second kappa shape index (κ2) is 6.76. The van der Waals surface area contributed by atoms with E-state index in [1.165, 1.54) is 6.42 Å². The maximum absolute atomic E-state index is 6.12. The van der Waals surface area contributed by atoms with Crippen molar-refractivity contribution in [3.8, 4) is 22.6 Å². The molecule has 142 valence electrons. The molecular formula is C21H22N6O. The van der Waals surface area contributed by atoms with Gasteiger partial charge < -0.3 is 15.1 Å². The van der Waals surface area contributed by atoms with E-state index in [1.54, 1.807) is 6.20 Å². The number of pyridine rings is 1. The fourth-order valence-corrected chi connectivity index (χ4v) is 3.83. The minimum atomic E-state index is 0.400. The van der Waals surface area contributed by atoms with Gasteiger partial charge in [0.15, 0.2) is 5.58 Å². The van der Waals surface area contributed by atoms with E-state index in [4.69, 9.17) is 10.2 Å². The van der Waals surface area contributed by atoms with E-state index in [1.807, 2.05) is 36.5 Å². The zero-order valence-corrected chi connectivity index (χ0v) is 15.7. The average Bonchev–Trinajstić information content (AvgIpc) is 3.36. The van der Waals surface area contributed by atoms with Crippen molar-refractivity contribution in [2.75, 3.05) is 25.9 Å². The van der Waals surface area contributed by atoms with E-state index >= 15 is 0 Å². The molecule has 0 radical (unpaired) electrons. The summed E-state index contributed by atoms with van der Waals surface area (Å²) < 4.78 is 7.95. The van der Waals surface area contributed by atoms with Gasteiger partial charge in [-0.1, -0.05) is 12.1 Å². The number of hydrogen-bond donors (Lipinski definition) is 1. The van der Waals surface area contributed by atoms with Crippen molar-refractivity contribution in [3.05, 3.63) is 48.9 Å². The molecule has 1 fully saturated rings. The van der Waals surface area contributed by atoms with Crippen molar-refractivity contribution in [2.45, 2.75) is 18.9 Å². The Labute approximate surface area is 162 Å². The van der Waals surface area contributed by atoms with Gasteiger partial charge >= 0.3 is 0 Å². The molecule has 1 unspecified atom stereocenters. The Kier molecular flexibility index (Phi) is 4.09. The van der Waals surface area contributed by atoms with E-state index in [2.05, 4.69) is 37.9 Å². The molecule has 4 aromatic rings. The normalized spacial score (nSPS) is 18.0. The lowest BCUT2D eigenvalue weighted by Crippen LogP contribution is -2.33. The monoisotopic (exact) mass is 374 g/mol. The van der Waals surface area contributed by atoms with Crippen LogP contribution in [0.5, 0.6) is 0 Å². The lowest BCUT2D eigenvalue weighted by molar-refractivity contribution is 0.202. The van der Waals surface area contributed by atoms with Crippen LogP contribution >= 0.6 is 0 Å². The van der Waals surface area contributed by atoms with Gasteiger partial charge in [0.1, 0.15) is 11.3 Å². The Morgan fingerprint density at radius 1 is 1.18 bits per heavy atom. The fourth-order valence-electron chi connectivity index (χ4n) is 3.83. The number of rotatable bonds is 3. The number of nitrogens with two attached hydrogens (primary N) is 1. The Morgan fingerprint density at radius 3 is 2.93 bits per heavy atom. The standard InChI is InChI=1S/C21H22N6O/c1-26-8-4-5-16(13-26)27-12-15(11-24-27)14-9-17(20(22)23-10-14)21-25-18-6-2-3-7-19(18)28-21/h2-3,6-7,9-12,16H,4-5,8,13H2,1H3,(H2,22,23). The molecule has 0 spiro atoms. The number of aromatic nitrogens is 4. The van der Waals surface area contributed by atoms with Gasteiger partial charge in [0.25, 0.3) is 0 Å². The molecule has 1 saturated heterocycles. The highest BCUT2D eigenvalue weighted by molar-refractivity contribution is 5.80. The highest BCUT2D eigenvalue weighted by Gasteiger charge is 2.20. The summed E-state index contributed by atoms with van der Waals surface area (Å²) in [7, 11) is 2.16. The molecule has 1 atom stereocenters. The molecule has 0 bridgehead atoms. The minimum Gasteiger partial charge on any atom is -0.436 e. The number of oxazole rings is 1. The summed E-state index contributed by atoms with van der Waals surface area (Å²) in [6.07, 6.45) is 8.10. The van der Waals surface area contributed by atoms with Crippen LogP contribution in [0.15, 0.2) is 53.3 Å². The molecule has 4 heterocycles. The Morgan fingerprint density at radius 2 is 2.07 bits per heavy atom. The van der Waals surface area contributed by atoms with Gasteiger partial charge in [0.2, 0.25) is 5.89 Å². The summed E-state index contributed by atoms with van der Waals surface area (Å²) in [5.74, 6) is 0.881. The predicted molar refractivity (Wildman–Crippen MR) is 109 cm³/mol. The van der Waals surface area contributed by atoms with Crippen molar-refractivity contribution in [3.63, 3.8) is 0 Å². The number of para-hydroxylation sites is 2. The van der Waals surface area contributed by atoms with Crippen LogP contribution in [0.4, 0.5) is 5.82 Å². The molecule has 7 nitrogen and oxygen atoms in total. The summed E-state index contributed by atoms with van der Waals surface area (Å²) in [5.41, 5.74) is 10.3. The molecule has 3 aromatic heterocycles. The van der Waals surface area contributed by atoms with Crippen LogP contribution < -0.4 is 5.73 Å². The number of fused-ring (bicyclic) bond motifs is 1.